The molecule has 0 aliphatic heterocycles. The minimum Gasteiger partial charge on any atom is -0.298 e. The highest BCUT2D eigenvalue weighted by Crippen LogP contribution is 2.07. The molecule has 1 aromatic heterocycles. The van der Waals surface area contributed by atoms with E-state index in [1.54, 1.807) is 23.1 Å². The fourth-order valence-corrected chi connectivity index (χ4v) is 1.32. The van der Waals surface area contributed by atoms with Gasteiger partial charge in [-0.25, -0.2) is 4.39 Å². The van der Waals surface area contributed by atoms with E-state index in [1.165, 1.54) is 18.2 Å². The number of benzene rings is 1. The van der Waals surface area contributed by atoms with Crippen LogP contribution < -0.4 is 0 Å². The molecule has 1 heterocycles. The van der Waals surface area contributed by atoms with Crippen molar-refractivity contribution in [3.63, 3.8) is 0 Å². The van der Waals surface area contributed by atoms with Gasteiger partial charge < -0.3 is 0 Å². The quantitative estimate of drug-likeness (QED) is 0.581. The van der Waals surface area contributed by atoms with Crippen molar-refractivity contribution in [3.8, 4) is 11.8 Å². The number of hydrogen-bond donors (Lipinski definition) is 0. The van der Waals surface area contributed by atoms with Crippen LogP contribution in [0, 0.1) is 17.7 Å². The van der Waals surface area contributed by atoms with Gasteiger partial charge in [-0.15, -0.1) is 0 Å². The van der Waals surface area contributed by atoms with Crippen molar-refractivity contribution in [2.24, 2.45) is 0 Å². The highest BCUT2D eigenvalue weighted by molar-refractivity contribution is 5.75. The summed E-state index contributed by atoms with van der Waals surface area (Å²) in [5.41, 5.74) is 0.636. The first-order valence-electron chi connectivity index (χ1n) is 5.00. The fourth-order valence-electron chi connectivity index (χ4n) is 1.32. The van der Waals surface area contributed by atoms with Crippen molar-refractivity contribution < 1.29 is 9.18 Å². The minimum absolute atomic E-state index is 0.224. The van der Waals surface area contributed by atoms with Crippen LogP contribution in [-0.2, 0) is 6.54 Å². The van der Waals surface area contributed by atoms with E-state index in [4.69, 9.17) is 0 Å². The number of halogens is 1. The predicted octanol–water partition coefficient (Wildman–Crippen LogP) is 1.89. The van der Waals surface area contributed by atoms with Crippen LogP contribution in [-0.4, -0.2) is 16.1 Å². The summed E-state index contributed by atoms with van der Waals surface area (Å²) in [4.78, 5) is 10.5. The lowest BCUT2D eigenvalue weighted by molar-refractivity contribution is 0.112. The molecule has 2 aromatic rings. The molecule has 0 bridgehead atoms. The molecule has 3 nitrogen and oxygen atoms in total. The van der Waals surface area contributed by atoms with Crippen LogP contribution in [0.2, 0.25) is 0 Å². The molecule has 4 heteroatoms. The lowest BCUT2D eigenvalue weighted by atomic mass is 10.1. The van der Waals surface area contributed by atoms with Gasteiger partial charge in [-0.2, -0.15) is 5.10 Å². The first-order chi connectivity index (χ1) is 8.29. The Morgan fingerprint density at radius 1 is 1.47 bits per heavy atom. The molecule has 0 aliphatic carbocycles. The van der Waals surface area contributed by atoms with E-state index in [0.29, 0.717) is 18.4 Å². The molecule has 0 N–H and O–H groups in total. The van der Waals surface area contributed by atoms with Gasteiger partial charge in [0.15, 0.2) is 0 Å². The summed E-state index contributed by atoms with van der Waals surface area (Å²) in [6.07, 6.45) is 4.08. The Hall–Kier alpha value is -2.41. The van der Waals surface area contributed by atoms with Gasteiger partial charge in [0.05, 0.1) is 5.56 Å². The van der Waals surface area contributed by atoms with Crippen molar-refractivity contribution in [1.82, 2.24) is 9.78 Å². The Balaban J connectivity index is 2.18. The molecule has 84 valence electrons. The van der Waals surface area contributed by atoms with E-state index >= 15 is 0 Å². The normalized spacial score (nSPS) is 9.47. The summed E-state index contributed by atoms with van der Waals surface area (Å²) in [7, 11) is 0. The standard InChI is InChI=1S/C13H9FN2O/c14-13-5-4-11(10-17)9-12(13)3-1-7-16-8-2-6-15-16/h2,4-6,8-10H,7H2. The third-order valence-corrected chi connectivity index (χ3v) is 2.15. The van der Waals surface area contributed by atoms with Gasteiger partial charge in [-0.3, -0.25) is 9.48 Å². The number of rotatable bonds is 2. The second-order valence-electron chi connectivity index (χ2n) is 3.36. The fraction of sp³-hybridized carbons (Fsp3) is 0.0769. The molecule has 0 radical (unpaired) electrons. The number of nitrogens with zero attached hydrogens (tertiary/aromatic N) is 2. The summed E-state index contributed by atoms with van der Waals surface area (Å²) < 4.78 is 15.0. The van der Waals surface area contributed by atoms with Crippen LogP contribution in [0.1, 0.15) is 15.9 Å². The molecule has 0 saturated heterocycles. The second kappa shape index (κ2) is 5.08. The van der Waals surface area contributed by atoms with Crippen LogP contribution in [0.4, 0.5) is 4.39 Å². The molecular weight excluding hydrogens is 219 g/mol. The van der Waals surface area contributed by atoms with E-state index in [9.17, 15) is 9.18 Å². The molecule has 0 spiro atoms. The van der Waals surface area contributed by atoms with Gasteiger partial charge in [0.1, 0.15) is 18.6 Å². The van der Waals surface area contributed by atoms with E-state index < -0.39 is 5.82 Å². The molecule has 17 heavy (non-hydrogen) atoms. The van der Waals surface area contributed by atoms with Gasteiger partial charge in [-0.1, -0.05) is 11.8 Å². The maximum absolute atomic E-state index is 13.3. The van der Waals surface area contributed by atoms with Crippen molar-refractivity contribution >= 4 is 6.29 Å². The van der Waals surface area contributed by atoms with E-state index in [-0.39, 0.29) is 5.56 Å². The highest BCUT2D eigenvalue weighted by atomic mass is 19.1. The maximum Gasteiger partial charge on any atom is 0.150 e. The van der Waals surface area contributed by atoms with Crippen molar-refractivity contribution in [1.29, 1.82) is 0 Å². The Labute approximate surface area is 97.9 Å². The molecule has 0 unspecified atom stereocenters. The average molecular weight is 228 g/mol. The van der Waals surface area contributed by atoms with Gasteiger partial charge >= 0.3 is 0 Å². The SMILES string of the molecule is O=Cc1ccc(F)c(C#CCn2cccn2)c1. The van der Waals surface area contributed by atoms with Gasteiger partial charge in [0, 0.05) is 18.0 Å². The van der Waals surface area contributed by atoms with E-state index in [0.717, 1.165) is 0 Å². The zero-order chi connectivity index (χ0) is 12.1. The zero-order valence-electron chi connectivity index (χ0n) is 8.93. The molecule has 0 amide bonds. The molecule has 1 aromatic carbocycles. The zero-order valence-corrected chi connectivity index (χ0v) is 8.93. The number of aldehydes is 1. The summed E-state index contributed by atoms with van der Waals surface area (Å²) in [6.45, 7) is 0.387. The predicted molar refractivity (Wildman–Crippen MR) is 60.9 cm³/mol. The highest BCUT2D eigenvalue weighted by Gasteiger charge is 1.99. The first kappa shape index (κ1) is 11.1. The lowest BCUT2D eigenvalue weighted by Crippen LogP contribution is -1.95. The topological polar surface area (TPSA) is 34.9 Å². The van der Waals surface area contributed by atoms with E-state index in [1.807, 2.05) is 0 Å². The van der Waals surface area contributed by atoms with Crippen molar-refractivity contribution in [2.45, 2.75) is 6.54 Å². The number of carbonyl (C=O) groups excluding carboxylic acids is 1. The minimum atomic E-state index is -0.427. The Morgan fingerprint density at radius 3 is 3.06 bits per heavy atom. The van der Waals surface area contributed by atoms with Crippen LogP contribution in [0.25, 0.3) is 0 Å². The molecular formula is C13H9FN2O. The van der Waals surface area contributed by atoms with Crippen LogP contribution >= 0.6 is 0 Å². The molecule has 0 aliphatic rings. The molecule has 0 saturated carbocycles. The Morgan fingerprint density at radius 2 is 2.35 bits per heavy atom. The average Bonchev–Trinajstić information content (AvgIpc) is 2.84. The number of carbonyl (C=O) groups is 1. The van der Waals surface area contributed by atoms with Crippen LogP contribution in [0.15, 0.2) is 36.7 Å². The monoisotopic (exact) mass is 228 g/mol. The summed E-state index contributed by atoms with van der Waals surface area (Å²) in [6, 6.07) is 5.87. The number of aromatic nitrogens is 2. The largest absolute Gasteiger partial charge is 0.298 e. The van der Waals surface area contributed by atoms with Crippen LogP contribution in [0.5, 0.6) is 0 Å². The van der Waals surface area contributed by atoms with Gasteiger partial charge in [0.25, 0.3) is 0 Å². The molecule has 0 atom stereocenters. The lowest BCUT2D eigenvalue weighted by Gasteiger charge is -1.95. The summed E-state index contributed by atoms with van der Waals surface area (Å²) in [5, 5.41) is 3.97. The third kappa shape index (κ3) is 2.79. The Kier molecular flexibility index (Phi) is 3.31. The molecule has 2 rings (SSSR count). The van der Waals surface area contributed by atoms with E-state index in [2.05, 4.69) is 16.9 Å². The number of hydrogen-bond acceptors (Lipinski definition) is 2. The van der Waals surface area contributed by atoms with Crippen LogP contribution in [0.3, 0.4) is 0 Å². The Bertz CT molecular complexity index is 579. The summed E-state index contributed by atoms with van der Waals surface area (Å²) in [5.74, 6) is 5.04. The third-order valence-electron chi connectivity index (χ3n) is 2.15. The summed E-state index contributed by atoms with van der Waals surface area (Å²) >= 11 is 0. The maximum atomic E-state index is 13.3. The first-order valence-corrected chi connectivity index (χ1v) is 5.00. The smallest absolute Gasteiger partial charge is 0.150 e. The van der Waals surface area contributed by atoms with Gasteiger partial charge in [0.2, 0.25) is 0 Å². The second-order valence-corrected chi connectivity index (χ2v) is 3.36. The molecule has 0 fully saturated rings. The van der Waals surface area contributed by atoms with Gasteiger partial charge in [-0.05, 0) is 24.3 Å². The van der Waals surface area contributed by atoms with Crippen molar-refractivity contribution in [3.05, 3.63) is 53.6 Å². The van der Waals surface area contributed by atoms with Crippen molar-refractivity contribution in [2.75, 3.05) is 0 Å².